The quantitative estimate of drug-likeness (QED) is 0.432. The number of methoxy groups -OCH3 is 1. The molecule has 5 nitrogen and oxygen atoms in total. The van der Waals surface area contributed by atoms with E-state index in [1.807, 2.05) is 30.0 Å². The fourth-order valence-electron chi connectivity index (χ4n) is 4.44. The molecule has 4 aromatic rings. The van der Waals surface area contributed by atoms with E-state index in [2.05, 4.69) is 34.6 Å². The highest BCUT2D eigenvalue weighted by Gasteiger charge is 2.34. The second kappa shape index (κ2) is 8.04. The normalized spacial score (nSPS) is 15.5. The summed E-state index contributed by atoms with van der Waals surface area (Å²) in [6.07, 6.45) is 0.724. The minimum Gasteiger partial charge on any atom is -0.497 e. The molecular formula is C26H24FN3O2. The van der Waals surface area contributed by atoms with Gasteiger partial charge in [-0.3, -0.25) is 0 Å². The van der Waals surface area contributed by atoms with Crippen LogP contribution in [-0.4, -0.2) is 29.6 Å². The van der Waals surface area contributed by atoms with Gasteiger partial charge in [0.2, 0.25) is 0 Å². The maximum absolute atomic E-state index is 13.3. The molecule has 2 N–H and O–H groups in total. The monoisotopic (exact) mass is 429 g/mol. The number of hydrogen-bond donors (Lipinski definition) is 2. The summed E-state index contributed by atoms with van der Waals surface area (Å²) in [6, 6.07) is 19.6. The van der Waals surface area contributed by atoms with Crippen LogP contribution in [0, 0.1) is 12.7 Å². The molecule has 0 radical (unpaired) electrons. The first kappa shape index (κ1) is 20.1. The first-order valence-electron chi connectivity index (χ1n) is 10.6. The van der Waals surface area contributed by atoms with Gasteiger partial charge in [0, 0.05) is 28.8 Å². The van der Waals surface area contributed by atoms with Crippen molar-refractivity contribution in [3.63, 3.8) is 0 Å². The SMILES string of the molecule is COc1ccc2[nH]c3c(c2c1)CCN(C(=O)Nc1ccc(F)cc1)[C@H]3c1ccc(C)cc1. The number of hydrogen-bond acceptors (Lipinski definition) is 2. The van der Waals surface area contributed by atoms with Crippen LogP contribution in [-0.2, 0) is 6.42 Å². The molecular weight excluding hydrogens is 405 g/mol. The number of ether oxygens (including phenoxy) is 1. The Morgan fingerprint density at radius 1 is 1.09 bits per heavy atom. The Hall–Kier alpha value is -3.80. The number of benzene rings is 3. The van der Waals surface area contributed by atoms with Crippen LogP contribution in [0.3, 0.4) is 0 Å². The molecule has 0 saturated carbocycles. The third-order valence-corrected chi connectivity index (χ3v) is 6.08. The number of fused-ring (bicyclic) bond motifs is 3. The Kier molecular flexibility index (Phi) is 5.05. The first-order valence-corrected chi connectivity index (χ1v) is 10.6. The smallest absolute Gasteiger partial charge is 0.322 e. The van der Waals surface area contributed by atoms with Crippen LogP contribution in [0.1, 0.15) is 28.4 Å². The number of urea groups is 1. The highest BCUT2D eigenvalue weighted by Crippen LogP contribution is 2.39. The number of H-pyrrole nitrogens is 1. The molecule has 0 spiro atoms. The number of amides is 2. The lowest BCUT2D eigenvalue weighted by Crippen LogP contribution is -2.43. The van der Waals surface area contributed by atoms with Crippen molar-refractivity contribution >= 4 is 22.6 Å². The van der Waals surface area contributed by atoms with E-state index >= 15 is 0 Å². The second-order valence-corrected chi connectivity index (χ2v) is 8.12. The van der Waals surface area contributed by atoms with Crippen molar-refractivity contribution in [2.24, 2.45) is 0 Å². The van der Waals surface area contributed by atoms with Crippen molar-refractivity contribution in [2.75, 3.05) is 19.0 Å². The van der Waals surface area contributed by atoms with Crippen LogP contribution in [0.2, 0.25) is 0 Å². The molecule has 0 bridgehead atoms. The first-order chi connectivity index (χ1) is 15.5. The Bertz CT molecular complexity index is 1280. The molecule has 3 aromatic carbocycles. The number of nitrogens with one attached hydrogen (secondary N) is 2. The van der Waals surface area contributed by atoms with E-state index in [4.69, 9.17) is 4.74 Å². The fraction of sp³-hybridized carbons (Fsp3) is 0.192. The molecule has 6 heteroatoms. The molecule has 0 unspecified atom stereocenters. The molecule has 0 fully saturated rings. The molecule has 1 aliphatic rings. The van der Waals surface area contributed by atoms with Gasteiger partial charge >= 0.3 is 6.03 Å². The zero-order chi connectivity index (χ0) is 22.2. The minimum atomic E-state index is -0.336. The standard InChI is InChI=1S/C26H24FN3O2/c1-16-3-5-17(6-4-16)25-24-21(22-15-20(32-2)11-12-23(22)29-24)13-14-30(25)26(31)28-19-9-7-18(27)8-10-19/h3-12,15,25,29H,13-14H2,1-2H3,(H,28,31)/t25-/m0/s1. The Labute approximate surface area is 185 Å². The van der Waals surface area contributed by atoms with E-state index < -0.39 is 0 Å². The van der Waals surface area contributed by atoms with Crippen LogP contribution < -0.4 is 10.1 Å². The second-order valence-electron chi connectivity index (χ2n) is 8.12. The van der Waals surface area contributed by atoms with Gasteiger partial charge in [0.05, 0.1) is 13.2 Å². The van der Waals surface area contributed by atoms with E-state index in [9.17, 15) is 9.18 Å². The molecule has 162 valence electrons. The van der Waals surface area contributed by atoms with Gasteiger partial charge in [0.1, 0.15) is 11.6 Å². The molecule has 32 heavy (non-hydrogen) atoms. The number of carbonyl (C=O) groups excluding carboxylic acids is 1. The lowest BCUT2D eigenvalue weighted by Gasteiger charge is -2.36. The summed E-state index contributed by atoms with van der Waals surface area (Å²) in [4.78, 5) is 18.7. The Balaban J connectivity index is 1.57. The van der Waals surface area contributed by atoms with Gasteiger partial charge in [0.25, 0.3) is 0 Å². The number of nitrogens with zero attached hydrogens (tertiary/aromatic N) is 1. The molecule has 1 atom stereocenters. The third-order valence-electron chi connectivity index (χ3n) is 6.08. The van der Waals surface area contributed by atoms with Gasteiger partial charge in [-0.1, -0.05) is 29.8 Å². The van der Waals surface area contributed by atoms with Gasteiger partial charge in [-0.15, -0.1) is 0 Å². The molecule has 2 heterocycles. The average molecular weight is 429 g/mol. The van der Waals surface area contributed by atoms with Gasteiger partial charge in [-0.05, 0) is 66.9 Å². The number of anilines is 1. The van der Waals surface area contributed by atoms with E-state index in [0.29, 0.717) is 12.2 Å². The van der Waals surface area contributed by atoms with Gasteiger partial charge < -0.3 is 19.9 Å². The topological polar surface area (TPSA) is 57.4 Å². The number of aryl methyl sites for hydroxylation is 1. The Morgan fingerprint density at radius 3 is 2.56 bits per heavy atom. The van der Waals surface area contributed by atoms with E-state index in [1.54, 1.807) is 19.2 Å². The third kappa shape index (κ3) is 3.58. The predicted molar refractivity (Wildman–Crippen MR) is 124 cm³/mol. The number of aromatic nitrogens is 1. The Morgan fingerprint density at radius 2 is 1.84 bits per heavy atom. The summed E-state index contributed by atoms with van der Waals surface area (Å²) < 4.78 is 18.7. The molecule has 5 rings (SSSR count). The van der Waals surface area contributed by atoms with Crippen molar-refractivity contribution in [1.29, 1.82) is 0 Å². The van der Waals surface area contributed by atoms with Crippen LogP contribution in [0.4, 0.5) is 14.9 Å². The molecule has 1 aliphatic heterocycles. The van der Waals surface area contributed by atoms with E-state index in [1.165, 1.54) is 17.7 Å². The fourth-order valence-corrected chi connectivity index (χ4v) is 4.44. The zero-order valence-corrected chi connectivity index (χ0v) is 18.0. The van der Waals surface area contributed by atoms with Crippen LogP contribution in [0.15, 0.2) is 66.7 Å². The average Bonchev–Trinajstić information content (AvgIpc) is 3.18. The number of aromatic amines is 1. The van der Waals surface area contributed by atoms with Crippen LogP contribution in [0.5, 0.6) is 5.75 Å². The number of halogens is 1. The summed E-state index contributed by atoms with van der Waals surface area (Å²) in [5, 5.41) is 4.04. The van der Waals surface area contributed by atoms with E-state index in [-0.39, 0.29) is 17.9 Å². The van der Waals surface area contributed by atoms with Crippen LogP contribution >= 0.6 is 0 Å². The zero-order valence-electron chi connectivity index (χ0n) is 18.0. The van der Waals surface area contributed by atoms with Crippen molar-refractivity contribution in [1.82, 2.24) is 9.88 Å². The van der Waals surface area contributed by atoms with E-state index in [0.717, 1.165) is 39.9 Å². The number of rotatable bonds is 3. The van der Waals surface area contributed by atoms with Gasteiger partial charge in [-0.25, -0.2) is 9.18 Å². The highest BCUT2D eigenvalue weighted by atomic mass is 19.1. The molecule has 0 aliphatic carbocycles. The lowest BCUT2D eigenvalue weighted by molar-refractivity contribution is 0.193. The summed E-state index contributed by atoms with van der Waals surface area (Å²) in [7, 11) is 1.66. The summed E-state index contributed by atoms with van der Waals surface area (Å²) in [5.41, 5.74) is 5.99. The van der Waals surface area contributed by atoms with Gasteiger partial charge in [0.15, 0.2) is 0 Å². The lowest BCUT2D eigenvalue weighted by atomic mass is 9.92. The summed E-state index contributed by atoms with van der Waals surface area (Å²) in [5.74, 6) is 0.472. The predicted octanol–water partition coefficient (Wildman–Crippen LogP) is 5.80. The molecule has 1 aromatic heterocycles. The molecule has 2 amide bonds. The largest absolute Gasteiger partial charge is 0.497 e. The maximum Gasteiger partial charge on any atom is 0.322 e. The van der Waals surface area contributed by atoms with Crippen molar-refractivity contribution in [2.45, 2.75) is 19.4 Å². The maximum atomic E-state index is 13.3. The highest BCUT2D eigenvalue weighted by molar-refractivity contribution is 5.91. The van der Waals surface area contributed by atoms with Gasteiger partial charge in [-0.2, -0.15) is 0 Å². The summed E-state index contributed by atoms with van der Waals surface area (Å²) in [6.45, 7) is 2.60. The van der Waals surface area contributed by atoms with Crippen LogP contribution in [0.25, 0.3) is 10.9 Å². The molecule has 0 saturated heterocycles. The van der Waals surface area contributed by atoms with Crippen molar-refractivity contribution in [3.05, 3.63) is 94.9 Å². The van der Waals surface area contributed by atoms with Crippen molar-refractivity contribution < 1.29 is 13.9 Å². The minimum absolute atomic E-state index is 0.218. The summed E-state index contributed by atoms with van der Waals surface area (Å²) >= 11 is 0. The van der Waals surface area contributed by atoms with Crippen molar-refractivity contribution in [3.8, 4) is 5.75 Å². The number of carbonyl (C=O) groups is 1.